The van der Waals surface area contributed by atoms with Gasteiger partial charge in [-0.25, -0.2) is 4.98 Å². The highest BCUT2D eigenvalue weighted by Crippen LogP contribution is 2.13. The van der Waals surface area contributed by atoms with Gasteiger partial charge in [0.2, 0.25) is 0 Å². The number of rotatable bonds is 8. The molecule has 0 saturated heterocycles. The van der Waals surface area contributed by atoms with Gasteiger partial charge in [-0.05, 0) is 41.8 Å². The Morgan fingerprint density at radius 3 is 2.50 bits per heavy atom. The number of amides is 2. The minimum absolute atomic E-state index is 0.203. The molecule has 2 amide bonds. The fourth-order valence-corrected chi connectivity index (χ4v) is 3.04. The molecule has 1 aromatic carbocycles. The van der Waals surface area contributed by atoms with Gasteiger partial charge in [0, 0.05) is 29.7 Å². The van der Waals surface area contributed by atoms with Crippen LogP contribution in [0.25, 0.3) is 6.08 Å². The molecule has 2 heterocycles. The average Bonchev–Trinajstić information content (AvgIpc) is 3.25. The summed E-state index contributed by atoms with van der Waals surface area (Å²) in [6.07, 6.45) is 3.37. The zero-order valence-electron chi connectivity index (χ0n) is 15.1. The van der Waals surface area contributed by atoms with Gasteiger partial charge in [-0.15, -0.1) is 11.3 Å². The Bertz CT molecular complexity index is 926. The van der Waals surface area contributed by atoms with Crippen LogP contribution in [0.15, 0.2) is 77.9 Å². The van der Waals surface area contributed by atoms with E-state index < -0.39 is 0 Å². The topological polar surface area (TPSA) is 83.1 Å². The molecule has 3 N–H and O–H groups in total. The van der Waals surface area contributed by atoms with Crippen molar-refractivity contribution in [3.05, 3.63) is 88.4 Å². The molecule has 0 atom stereocenters. The number of nitrogens with one attached hydrogen (secondary N) is 3. The van der Waals surface area contributed by atoms with Crippen LogP contribution in [0.5, 0.6) is 0 Å². The lowest BCUT2D eigenvalue weighted by atomic mass is 10.2. The van der Waals surface area contributed by atoms with Gasteiger partial charge in [-0.1, -0.05) is 30.3 Å². The van der Waals surface area contributed by atoms with E-state index in [1.807, 2.05) is 41.8 Å². The predicted octanol–water partition coefficient (Wildman–Crippen LogP) is 3.14. The van der Waals surface area contributed by atoms with Crippen molar-refractivity contribution in [3.8, 4) is 0 Å². The number of carbonyl (C=O) groups excluding carboxylic acids is 2. The minimum Gasteiger partial charge on any atom is -0.368 e. The predicted molar refractivity (Wildman–Crippen MR) is 112 cm³/mol. The van der Waals surface area contributed by atoms with Crippen LogP contribution in [-0.2, 0) is 4.79 Å². The first kappa shape index (κ1) is 19.3. The molecule has 7 heteroatoms. The molecule has 0 unspecified atom stereocenters. The summed E-state index contributed by atoms with van der Waals surface area (Å²) >= 11 is 1.49. The number of hydrogen-bond acceptors (Lipinski definition) is 5. The van der Waals surface area contributed by atoms with E-state index in [1.54, 1.807) is 36.5 Å². The maximum atomic E-state index is 12.6. The van der Waals surface area contributed by atoms with Crippen molar-refractivity contribution in [2.45, 2.75) is 0 Å². The summed E-state index contributed by atoms with van der Waals surface area (Å²) in [5.41, 5.74) is 0.693. The zero-order valence-corrected chi connectivity index (χ0v) is 15.9. The number of pyridine rings is 1. The molecule has 0 aliphatic carbocycles. The first-order valence-corrected chi connectivity index (χ1v) is 9.65. The molecular weight excluding hydrogens is 372 g/mol. The molecule has 0 aliphatic rings. The number of anilines is 1. The van der Waals surface area contributed by atoms with Crippen LogP contribution in [0.4, 0.5) is 5.82 Å². The molecule has 0 radical (unpaired) electrons. The van der Waals surface area contributed by atoms with Crippen LogP contribution in [0.3, 0.4) is 0 Å². The van der Waals surface area contributed by atoms with Gasteiger partial charge in [0.15, 0.2) is 0 Å². The average molecular weight is 392 g/mol. The number of benzene rings is 1. The Kier molecular flexibility index (Phi) is 6.92. The van der Waals surface area contributed by atoms with Gasteiger partial charge in [0.25, 0.3) is 11.8 Å². The molecule has 0 aliphatic heterocycles. The molecule has 0 bridgehead atoms. The molecule has 0 spiro atoms. The van der Waals surface area contributed by atoms with Crippen molar-refractivity contribution in [1.82, 2.24) is 15.6 Å². The minimum atomic E-state index is -0.347. The van der Waals surface area contributed by atoms with E-state index in [1.165, 1.54) is 11.3 Å². The number of hydrogen-bond donors (Lipinski definition) is 3. The van der Waals surface area contributed by atoms with Crippen molar-refractivity contribution < 1.29 is 9.59 Å². The standard InChI is InChI=1S/C21H20N4O2S/c26-20(16-7-2-1-3-8-16)25-18(15-17-9-6-14-28-17)21(27)24-13-12-23-19-10-4-5-11-22-19/h1-11,14-15H,12-13H2,(H,22,23)(H,24,27)(H,25,26). The van der Waals surface area contributed by atoms with Gasteiger partial charge in [-0.3, -0.25) is 9.59 Å². The van der Waals surface area contributed by atoms with E-state index in [0.29, 0.717) is 18.7 Å². The van der Waals surface area contributed by atoms with Crippen LogP contribution in [-0.4, -0.2) is 29.9 Å². The van der Waals surface area contributed by atoms with Crippen molar-refractivity contribution >= 4 is 35.0 Å². The second kappa shape index (κ2) is 10.0. The maximum absolute atomic E-state index is 12.6. The van der Waals surface area contributed by atoms with Gasteiger partial charge in [0.05, 0.1) is 0 Å². The Hall–Kier alpha value is -3.45. The number of aromatic nitrogens is 1. The van der Waals surface area contributed by atoms with Crippen molar-refractivity contribution in [3.63, 3.8) is 0 Å². The first-order valence-electron chi connectivity index (χ1n) is 8.77. The SMILES string of the molecule is O=C(NCCNc1ccccn1)C(=Cc1cccs1)NC(=O)c1ccccc1. The van der Waals surface area contributed by atoms with Crippen LogP contribution < -0.4 is 16.0 Å². The monoisotopic (exact) mass is 392 g/mol. The van der Waals surface area contributed by atoms with Crippen molar-refractivity contribution in [2.75, 3.05) is 18.4 Å². The lowest BCUT2D eigenvalue weighted by molar-refractivity contribution is -0.117. The van der Waals surface area contributed by atoms with Crippen molar-refractivity contribution in [2.24, 2.45) is 0 Å². The molecule has 3 rings (SSSR count). The fourth-order valence-electron chi connectivity index (χ4n) is 2.39. The zero-order chi connectivity index (χ0) is 19.6. The van der Waals surface area contributed by atoms with E-state index in [0.717, 1.165) is 10.7 Å². The molecule has 28 heavy (non-hydrogen) atoms. The third-order valence-corrected chi connectivity index (χ3v) is 4.56. The quantitative estimate of drug-likeness (QED) is 0.406. The van der Waals surface area contributed by atoms with Crippen LogP contribution >= 0.6 is 11.3 Å². The second-order valence-electron chi connectivity index (χ2n) is 5.79. The molecule has 0 saturated carbocycles. The van der Waals surface area contributed by atoms with Crippen LogP contribution in [0.1, 0.15) is 15.2 Å². The van der Waals surface area contributed by atoms with Gasteiger partial charge < -0.3 is 16.0 Å². The number of carbonyl (C=O) groups is 2. The lowest BCUT2D eigenvalue weighted by Crippen LogP contribution is -2.36. The Morgan fingerprint density at radius 1 is 0.964 bits per heavy atom. The van der Waals surface area contributed by atoms with E-state index >= 15 is 0 Å². The summed E-state index contributed by atoms with van der Waals surface area (Å²) in [4.78, 5) is 30.1. The summed E-state index contributed by atoms with van der Waals surface area (Å²) < 4.78 is 0. The molecular formula is C21H20N4O2S. The Balaban J connectivity index is 1.61. The Labute approximate surface area is 167 Å². The van der Waals surface area contributed by atoms with Gasteiger partial charge in [0.1, 0.15) is 11.5 Å². The highest BCUT2D eigenvalue weighted by atomic mass is 32.1. The van der Waals surface area contributed by atoms with Crippen molar-refractivity contribution in [1.29, 1.82) is 0 Å². The summed E-state index contributed by atoms with van der Waals surface area (Å²) in [5, 5.41) is 10.6. The Morgan fingerprint density at radius 2 is 1.79 bits per heavy atom. The van der Waals surface area contributed by atoms with Crippen LogP contribution in [0, 0.1) is 0 Å². The normalized spacial score (nSPS) is 10.9. The lowest BCUT2D eigenvalue weighted by Gasteiger charge is -2.11. The van der Waals surface area contributed by atoms with E-state index in [4.69, 9.17) is 0 Å². The highest BCUT2D eigenvalue weighted by Gasteiger charge is 2.14. The largest absolute Gasteiger partial charge is 0.368 e. The summed E-state index contributed by atoms with van der Waals surface area (Å²) in [6, 6.07) is 18.1. The number of thiophene rings is 1. The highest BCUT2D eigenvalue weighted by molar-refractivity contribution is 7.10. The summed E-state index contributed by atoms with van der Waals surface area (Å²) in [7, 11) is 0. The molecule has 3 aromatic rings. The number of nitrogens with zero attached hydrogens (tertiary/aromatic N) is 1. The summed E-state index contributed by atoms with van der Waals surface area (Å²) in [5.74, 6) is 0.0640. The third kappa shape index (κ3) is 5.78. The molecule has 2 aromatic heterocycles. The maximum Gasteiger partial charge on any atom is 0.267 e. The van der Waals surface area contributed by atoms with E-state index in [9.17, 15) is 9.59 Å². The second-order valence-corrected chi connectivity index (χ2v) is 6.77. The van der Waals surface area contributed by atoms with Gasteiger partial charge >= 0.3 is 0 Å². The smallest absolute Gasteiger partial charge is 0.267 e. The van der Waals surface area contributed by atoms with E-state index in [2.05, 4.69) is 20.9 Å². The molecule has 0 fully saturated rings. The first-order chi connectivity index (χ1) is 13.7. The third-order valence-electron chi connectivity index (χ3n) is 3.74. The molecule has 6 nitrogen and oxygen atoms in total. The molecule has 142 valence electrons. The fraction of sp³-hybridized carbons (Fsp3) is 0.0952. The van der Waals surface area contributed by atoms with Gasteiger partial charge in [-0.2, -0.15) is 0 Å². The van der Waals surface area contributed by atoms with E-state index in [-0.39, 0.29) is 17.5 Å². The summed E-state index contributed by atoms with van der Waals surface area (Å²) in [6.45, 7) is 0.903. The van der Waals surface area contributed by atoms with Crippen LogP contribution in [0.2, 0.25) is 0 Å².